The van der Waals surface area contributed by atoms with Crippen LogP contribution in [0.15, 0.2) is 29.8 Å². The summed E-state index contributed by atoms with van der Waals surface area (Å²) in [6.45, 7) is 9.76. The number of carbonyl (C=O) groups is 3. The molecule has 0 saturated heterocycles. The molecule has 33 heavy (non-hydrogen) atoms. The Morgan fingerprint density at radius 1 is 1.06 bits per heavy atom. The first-order valence-corrected chi connectivity index (χ1v) is 11.1. The molecule has 0 saturated carbocycles. The fourth-order valence-corrected chi connectivity index (χ4v) is 3.70. The lowest BCUT2D eigenvalue weighted by Gasteiger charge is -2.24. The molecule has 7 heteroatoms. The van der Waals surface area contributed by atoms with Gasteiger partial charge in [0.05, 0.1) is 5.57 Å². The van der Waals surface area contributed by atoms with Crippen molar-refractivity contribution >= 4 is 29.5 Å². The smallest absolute Gasteiger partial charge is 0.308 e. The van der Waals surface area contributed by atoms with E-state index in [-0.39, 0.29) is 18.4 Å². The molecule has 2 aromatic rings. The third kappa shape index (κ3) is 5.42. The molecule has 2 N–H and O–H groups in total. The summed E-state index contributed by atoms with van der Waals surface area (Å²) in [6.07, 6.45) is 3.68. The lowest BCUT2D eigenvalue weighted by molar-refractivity contribution is -0.132. The second kappa shape index (κ2) is 10.3. The maximum Gasteiger partial charge on any atom is 0.308 e. The van der Waals surface area contributed by atoms with E-state index in [4.69, 9.17) is 9.47 Å². The van der Waals surface area contributed by atoms with Crippen molar-refractivity contribution in [3.63, 3.8) is 0 Å². The van der Waals surface area contributed by atoms with Gasteiger partial charge in [0.15, 0.2) is 0 Å². The molecule has 7 nitrogen and oxygen atoms in total. The van der Waals surface area contributed by atoms with Crippen LogP contribution in [0.2, 0.25) is 0 Å². The van der Waals surface area contributed by atoms with Gasteiger partial charge in [-0.05, 0) is 62.6 Å². The van der Waals surface area contributed by atoms with Crippen LogP contribution in [0.3, 0.4) is 0 Å². The van der Waals surface area contributed by atoms with E-state index in [9.17, 15) is 14.4 Å². The van der Waals surface area contributed by atoms with E-state index in [1.54, 1.807) is 30.3 Å². The van der Waals surface area contributed by atoms with Crippen molar-refractivity contribution in [1.29, 1.82) is 0 Å². The summed E-state index contributed by atoms with van der Waals surface area (Å²) in [4.78, 5) is 36.8. The third-order valence-corrected chi connectivity index (χ3v) is 5.66. The molecule has 1 aliphatic heterocycles. The Balaban J connectivity index is 1.83. The predicted molar refractivity (Wildman–Crippen MR) is 128 cm³/mol. The Morgan fingerprint density at radius 3 is 2.52 bits per heavy atom. The maximum absolute atomic E-state index is 12.9. The van der Waals surface area contributed by atoms with Crippen molar-refractivity contribution in [1.82, 2.24) is 5.32 Å². The number of hydrogen-bond donors (Lipinski definition) is 2. The van der Waals surface area contributed by atoms with Crippen LogP contribution in [0.25, 0.3) is 6.08 Å². The summed E-state index contributed by atoms with van der Waals surface area (Å²) in [5.74, 6) is 0.270. The highest BCUT2D eigenvalue weighted by molar-refractivity contribution is 6.08. The molecule has 3 rings (SSSR count). The van der Waals surface area contributed by atoms with Crippen LogP contribution in [0.5, 0.6) is 11.5 Å². The zero-order chi connectivity index (χ0) is 24.1. The van der Waals surface area contributed by atoms with Crippen LogP contribution in [0.1, 0.15) is 59.3 Å². The minimum atomic E-state index is -0.405. The topological polar surface area (TPSA) is 93.7 Å². The summed E-state index contributed by atoms with van der Waals surface area (Å²) >= 11 is 0. The lowest BCUT2D eigenvalue weighted by Crippen LogP contribution is -2.25. The molecule has 0 bridgehead atoms. The highest BCUT2D eigenvalue weighted by Crippen LogP contribution is 2.41. The highest BCUT2D eigenvalue weighted by Gasteiger charge is 2.25. The van der Waals surface area contributed by atoms with Crippen molar-refractivity contribution in [3.8, 4) is 11.5 Å². The van der Waals surface area contributed by atoms with E-state index in [1.165, 1.54) is 6.92 Å². The van der Waals surface area contributed by atoms with Crippen molar-refractivity contribution in [3.05, 3.63) is 57.7 Å². The van der Waals surface area contributed by atoms with Gasteiger partial charge in [0, 0.05) is 35.8 Å². The average molecular weight is 451 g/mol. The summed E-state index contributed by atoms with van der Waals surface area (Å²) in [7, 11) is 0. The van der Waals surface area contributed by atoms with E-state index in [2.05, 4.69) is 17.6 Å². The zero-order valence-electron chi connectivity index (χ0n) is 19.8. The quantitative estimate of drug-likeness (QED) is 0.368. The number of unbranched alkanes of at least 4 members (excludes halogenated alkanes) is 1. The third-order valence-electron chi connectivity index (χ3n) is 5.66. The first kappa shape index (κ1) is 24.0. The molecule has 0 aliphatic carbocycles. The second-order valence-corrected chi connectivity index (χ2v) is 8.14. The normalized spacial score (nSPS) is 12.2. The minimum absolute atomic E-state index is 0.114. The number of ether oxygens (including phenoxy) is 2. The van der Waals surface area contributed by atoms with Gasteiger partial charge < -0.3 is 20.1 Å². The number of rotatable bonds is 7. The Bertz CT molecular complexity index is 1130. The summed E-state index contributed by atoms with van der Waals surface area (Å²) in [6, 6.07) is 6.82. The fourth-order valence-electron chi connectivity index (χ4n) is 3.70. The summed E-state index contributed by atoms with van der Waals surface area (Å²) in [5, 5.41) is 5.72. The number of nitrogens with one attached hydrogen (secondary N) is 2. The molecule has 0 radical (unpaired) electrons. The van der Waals surface area contributed by atoms with Gasteiger partial charge in [-0.25, -0.2) is 0 Å². The lowest BCUT2D eigenvalue weighted by atomic mass is 9.94. The van der Waals surface area contributed by atoms with Crippen LogP contribution in [0, 0.1) is 20.8 Å². The monoisotopic (exact) mass is 450 g/mol. The number of anilines is 1. The summed E-state index contributed by atoms with van der Waals surface area (Å²) < 4.78 is 11.4. The Hall–Kier alpha value is -3.61. The van der Waals surface area contributed by atoms with Crippen LogP contribution >= 0.6 is 0 Å². The Labute approximate surface area is 194 Å². The van der Waals surface area contributed by atoms with Gasteiger partial charge in [-0.15, -0.1) is 0 Å². The number of carbonyl (C=O) groups excluding carboxylic acids is 3. The fraction of sp³-hybridized carbons (Fsp3) is 0.346. The second-order valence-electron chi connectivity index (χ2n) is 8.14. The van der Waals surface area contributed by atoms with E-state index in [0.717, 1.165) is 35.1 Å². The van der Waals surface area contributed by atoms with Gasteiger partial charge in [-0.3, -0.25) is 14.4 Å². The Kier molecular flexibility index (Phi) is 7.53. The van der Waals surface area contributed by atoms with Crippen molar-refractivity contribution in [2.75, 3.05) is 18.5 Å². The molecule has 0 spiro atoms. The highest BCUT2D eigenvalue weighted by atomic mass is 16.5. The molecule has 0 fully saturated rings. The number of amides is 2. The molecule has 1 aliphatic rings. The van der Waals surface area contributed by atoms with Gasteiger partial charge >= 0.3 is 5.97 Å². The minimum Gasteiger partial charge on any atom is -0.488 e. The average Bonchev–Trinajstić information content (AvgIpc) is 2.80. The van der Waals surface area contributed by atoms with E-state index in [0.29, 0.717) is 34.9 Å². The van der Waals surface area contributed by atoms with Crippen molar-refractivity contribution < 1.29 is 23.9 Å². The molecule has 174 valence electrons. The van der Waals surface area contributed by atoms with Crippen molar-refractivity contribution in [2.45, 2.75) is 47.5 Å². The molecular formula is C26H30N2O5. The van der Waals surface area contributed by atoms with Crippen LogP contribution in [-0.4, -0.2) is 30.9 Å². The molecule has 2 amide bonds. The van der Waals surface area contributed by atoms with Crippen molar-refractivity contribution in [2.24, 2.45) is 0 Å². The maximum atomic E-state index is 12.9. The summed E-state index contributed by atoms with van der Waals surface area (Å²) in [5.41, 5.74) is 4.58. The van der Waals surface area contributed by atoms with Gasteiger partial charge in [-0.2, -0.15) is 0 Å². The van der Waals surface area contributed by atoms with E-state index < -0.39 is 5.97 Å². The molecule has 0 atom stereocenters. The van der Waals surface area contributed by atoms with E-state index >= 15 is 0 Å². The van der Waals surface area contributed by atoms with Gasteiger partial charge in [0.25, 0.3) is 11.8 Å². The van der Waals surface area contributed by atoms with Gasteiger partial charge in [0.2, 0.25) is 0 Å². The molecule has 2 aromatic carbocycles. The molecule has 0 aromatic heterocycles. The van der Waals surface area contributed by atoms with Gasteiger partial charge in [-0.1, -0.05) is 19.4 Å². The molecule has 0 unspecified atom stereocenters. The molecule has 1 heterocycles. The zero-order valence-corrected chi connectivity index (χ0v) is 19.8. The number of benzene rings is 2. The molecular weight excluding hydrogens is 420 g/mol. The first-order valence-electron chi connectivity index (χ1n) is 11.1. The number of fused-ring (bicyclic) bond motifs is 1. The predicted octanol–water partition coefficient (Wildman–Crippen LogP) is 4.48. The standard InChI is InChI=1S/C26H30N2O5/c1-6-7-11-27-25(30)19-9-8-10-21(12-19)28-26(31)20-13-22-17(4)23(33-18(5)29)15(2)16(3)24(22)32-14-20/h8-10,12-13H,6-7,11,14H2,1-5H3,(H,27,30)(H,28,31). The van der Waals surface area contributed by atoms with Crippen LogP contribution in [0.4, 0.5) is 5.69 Å². The van der Waals surface area contributed by atoms with E-state index in [1.807, 2.05) is 20.8 Å². The van der Waals surface area contributed by atoms with Gasteiger partial charge in [0.1, 0.15) is 18.1 Å². The van der Waals surface area contributed by atoms with Crippen LogP contribution in [-0.2, 0) is 9.59 Å². The first-order chi connectivity index (χ1) is 15.7. The van der Waals surface area contributed by atoms with Crippen LogP contribution < -0.4 is 20.1 Å². The number of hydrogen-bond acceptors (Lipinski definition) is 5. The Morgan fingerprint density at radius 2 is 1.82 bits per heavy atom. The largest absolute Gasteiger partial charge is 0.488 e. The SMILES string of the molecule is CCCCNC(=O)c1cccc(NC(=O)C2=Cc3c(C)c(OC(C)=O)c(C)c(C)c3OC2)c1. The number of esters is 1.